The maximum absolute atomic E-state index is 13.1. The van der Waals surface area contributed by atoms with Crippen LogP contribution in [0.1, 0.15) is 32.1 Å². The summed E-state index contributed by atoms with van der Waals surface area (Å²) >= 11 is 7.10. The summed E-state index contributed by atoms with van der Waals surface area (Å²) < 4.78 is 16.2. The number of ether oxygens (including phenoxy) is 2. The van der Waals surface area contributed by atoms with E-state index in [1.807, 2.05) is 13.8 Å². The van der Waals surface area contributed by atoms with Crippen LogP contribution in [0.3, 0.4) is 0 Å². The van der Waals surface area contributed by atoms with Crippen molar-refractivity contribution in [3.8, 4) is 17.4 Å². The van der Waals surface area contributed by atoms with Crippen molar-refractivity contribution in [3.05, 3.63) is 60.0 Å². The Hall–Kier alpha value is -3.37. The zero-order chi connectivity index (χ0) is 24.7. The number of para-hydroxylation sites is 1. The number of hydrogen-bond acceptors (Lipinski definition) is 8. The standard InChI is InChI=1S/C23H25ClN4O5S/c1-4-9-32-21(30)12-19-25-23(34-27-19)26-22(31)17(10-14(2)3)28-13-15(11-20(28)29)33-18-8-6-5-7-16(18)24/h4-8,11,13-14,17,29H,1,9-10,12H2,2-3H3,(H,25,26,27,31)/t17-/m0/s1. The minimum Gasteiger partial charge on any atom is -0.494 e. The summed E-state index contributed by atoms with van der Waals surface area (Å²) in [6, 6.07) is 7.63. The van der Waals surface area contributed by atoms with E-state index in [1.165, 1.54) is 16.7 Å². The quantitative estimate of drug-likeness (QED) is 0.279. The van der Waals surface area contributed by atoms with Crippen molar-refractivity contribution in [3.63, 3.8) is 0 Å². The van der Waals surface area contributed by atoms with Gasteiger partial charge in [0.1, 0.15) is 30.6 Å². The number of benzene rings is 1. The molecule has 0 aliphatic rings. The lowest BCUT2D eigenvalue weighted by Gasteiger charge is -2.20. The first-order valence-electron chi connectivity index (χ1n) is 10.5. The van der Waals surface area contributed by atoms with Gasteiger partial charge in [-0.15, -0.1) is 0 Å². The maximum atomic E-state index is 13.1. The van der Waals surface area contributed by atoms with E-state index in [2.05, 4.69) is 21.3 Å². The van der Waals surface area contributed by atoms with Crippen LogP contribution in [0.25, 0.3) is 0 Å². The van der Waals surface area contributed by atoms with Gasteiger partial charge in [0.05, 0.1) is 11.2 Å². The molecule has 2 heterocycles. The van der Waals surface area contributed by atoms with E-state index in [0.29, 0.717) is 22.9 Å². The average molecular weight is 505 g/mol. The van der Waals surface area contributed by atoms with Crippen molar-refractivity contribution in [2.45, 2.75) is 32.7 Å². The third-order valence-corrected chi connectivity index (χ3v) is 5.54. The summed E-state index contributed by atoms with van der Waals surface area (Å²) in [6.45, 7) is 7.53. The Morgan fingerprint density at radius 3 is 2.82 bits per heavy atom. The van der Waals surface area contributed by atoms with E-state index in [0.717, 1.165) is 11.5 Å². The summed E-state index contributed by atoms with van der Waals surface area (Å²) in [5.74, 6) is 0.148. The van der Waals surface area contributed by atoms with E-state index in [4.69, 9.17) is 21.1 Å². The topological polar surface area (TPSA) is 116 Å². The number of hydrogen-bond donors (Lipinski definition) is 2. The van der Waals surface area contributed by atoms with Gasteiger partial charge in [-0.25, -0.2) is 4.98 Å². The van der Waals surface area contributed by atoms with Gasteiger partial charge in [-0.1, -0.05) is 50.2 Å². The molecule has 3 aromatic rings. The molecule has 9 nitrogen and oxygen atoms in total. The fourth-order valence-electron chi connectivity index (χ4n) is 3.09. The minimum atomic E-state index is -0.742. The number of carbonyl (C=O) groups is 2. The van der Waals surface area contributed by atoms with Crippen molar-refractivity contribution in [1.82, 2.24) is 13.9 Å². The van der Waals surface area contributed by atoms with Gasteiger partial charge >= 0.3 is 5.97 Å². The highest BCUT2D eigenvalue weighted by atomic mass is 35.5. The number of aromatic hydroxyl groups is 1. The second-order valence-corrected chi connectivity index (χ2v) is 8.93. The zero-order valence-electron chi connectivity index (χ0n) is 18.7. The van der Waals surface area contributed by atoms with Crippen molar-refractivity contribution in [1.29, 1.82) is 0 Å². The predicted octanol–water partition coefficient (Wildman–Crippen LogP) is 4.99. The van der Waals surface area contributed by atoms with E-state index < -0.39 is 12.0 Å². The summed E-state index contributed by atoms with van der Waals surface area (Å²) in [7, 11) is 0. The van der Waals surface area contributed by atoms with Gasteiger partial charge in [0.2, 0.25) is 11.0 Å². The molecule has 2 aromatic heterocycles. The lowest BCUT2D eigenvalue weighted by Crippen LogP contribution is -2.26. The number of aromatic nitrogens is 3. The van der Waals surface area contributed by atoms with Crippen LogP contribution in [-0.2, 0) is 20.7 Å². The predicted molar refractivity (Wildman–Crippen MR) is 130 cm³/mol. The lowest BCUT2D eigenvalue weighted by atomic mass is 10.0. The highest BCUT2D eigenvalue weighted by Gasteiger charge is 2.26. The molecule has 0 aliphatic heterocycles. The Balaban J connectivity index is 1.74. The van der Waals surface area contributed by atoms with E-state index in [-0.39, 0.29) is 41.7 Å². The van der Waals surface area contributed by atoms with Crippen LogP contribution in [-0.4, -0.2) is 37.5 Å². The van der Waals surface area contributed by atoms with Crippen LogP contribution in [0, 0.1) is 5.92 Å². The first kappa shape index (κ1) is 25.3. The molecule has 0 spiro atoms. The van der Waals surface area contributed by atoms with Gasteiger partial charge in [-0.2, -0.15) is 4.37 Å². The van der Waals surface area contributed by atoms with Crippen molar-refractivity contribution >= 4 is 40.1 Å². The van der Waals surface area contributed by atoms with Crippen molar-refractivity contribution in [2.24, 2.45) is 5.92 Å². The number of rotatable bonds is 11. The third-order valence-electron chi connectivity index (χ3n) is 4.56. The molecule has 0 saturated heterocycles. The van der Waals surface area contributed by atoms with E-state index in [9.17, 15) is 14.7 Å². The Kier molecular flexibility index (Phi) is 8.67. The molecule has 0 fully saturated rings. The zero-order valence-corrected chi connectivity index (χ0v) is 20.3. The molecular weight excluding hydrogens is 480 g/mol. The molecule has 180 valence electrons. The highest BCUT2D eigenvalue weighted by Crippen LogP contribution is 2.34. The van der Waals surface area contributed by atoms with Gasteiger partial charge in [-0.3, -0.25) is 14.9 Å². The van der Waals surface area contributed by atoms with Gasteiger partial charge in [-0.05, 0) is 24.5 Å². The molecule has 1 aromatic carbocycles. The van der Waals surface area contributed by atoms with Crippen molar-refractivity contribution in [2.75, 3.05) is 11.9 Å². The fourth-order valence-corrected chi connectivity index (χ4v) is 3.86. The van der Waals surface area contributed by atoms with E-state index >= 15 is 0 Å². The molecule has 11 heteroatoms. The summed E-state index contributed by atoms with van der Waals surface area (Å²) in [5, 5.41) is 13.9. The first-order valence-corrected chi connectivity index (χ1v) is 11.6. The highest BCUT2D eigenvalue weighted by molar-refractivity contribution is 7.09. The second-order valence-electron chi connectivity index (χ2n) is 7.77. The Labute approximate surface area is 206 Å². The lowest BCUT2D eigenvalue weighted by molar-refractivity contribution is -0.141. The van der Waals surface area contributed by atoms with Crippen LogP contribution in [0.4, 0.5) is 5.13 Å². The number of anilines is 1. The largest absolute Gasteiger partial charge is 0.494 e. The van der Waals surface area contributed by atoms with Gasteiger partial charge in [0.25, 0.3) is 0 Å². The van der Waals surface area contributed by atoms with Gasteiger partial charge < -0.3 is 19.1 Å². The molecule has 0 saturated carbocycles. The molecule has 1 atom stereocenters. The molecule has 0 bridgehead atoms. The monoisotopic (exact) mass is 504 g/mol. The molecule has 0 radical (unpaired) electrons. The van der Waals surface area contributed by atoms with Crippen LogP contribution < -0.4 is 10.1 Å². The molecular formula is C23H25ClN4O5S. The minimum absolute atomic E-state index is 0.103. The van der Waals surface area contributed by atoms with Crippen LogP contribution in [0.2, 0.25) is 5.02 Å². The Morgan fingerprint density at radius 2 is 2.12 bits per heavy atom. The number of halogens is 1. The molecule has 0 aliphatic carbocycles. The summed E-state index contributed by atoms with van der Waals surface area (Å²) in [6.07, 6.45) is 3.34. The smallest absolute Gasteiger partial charge is 0.313 e. The number of nitrogens with one attached hydrogen (secondary N) is 1. The normalized spacial score (nSPS) is 11.8. The van der Waals surface area contributed by atoms with Crippen LogP contribution >= 0.6 is 23.1 Å². The number of esters is 1. The molecule has 0 unspecified atom stereocenters. The molecule has 1 amide bonds. The second kappa shape index (κ2) is 11.7. The number of carbonyl (C=O) groups excluding carboxylic acids is 2. The fraction of sp³-hybridized carbons (Fsp3) is 0.304. The molecule has 34 heavy (non-hydrogen) atoms. The van der Waals surface area contributed by atoms with Gasteiger partial charge in [0.15, 0.2) is 11.7 Å². The van der Waals surface area contributed by atoms with Crippen LogP contribution in [0.15, 0.2) is 49.2 Å². The summed E-state index contributed by atoms with van der Waals surface area (Å²) in [5.41, 5.74) is 0. The average Bonchev–Trinajstić information content (AvgIpc) is 3.37. The maximum Gasteiger partial charge on any atom is 0.313 e. The number of nitrogens with zero attached hydrogens (tertiary/aromatic N) is 3. The van der Waals surface area contributed by atoms with Crippen molar-refractivity contribution < 1.29 is 24.2 Å². The van der Waals surface area contributed by atoms with E-state index in [1.54, 1.807) is 30.5 Å². The number of amides is 1. The first-order chi connectivity index (χ1) is 16.3. The summed E-state index contributed by atoms with van der Waals surface area (Å²) in [4.78, 5) is 29.0. The molecule has 3 rings (SSSR count). The third kappa shape index (κ3) is 6.82. The molecule has 2 N–H and O–H groups in total. The SMILES string of the molecule is C=CCOC(=O)Cc1nsc(NC(=O)[C@H](CC(C)C)n2cc(Oc3ccccc3Cl)cc2O)n1. The van der Waals surface area contributed by atoms with Crippen LogP contribution in [0.5, 0.6) is 17.4 Å². The Morgan fingerprint density at radius 1 is 1.35 bits per heavy atom. The Bertz CT molecular complexity index is 1160. The van der Waals surface area contributed by atoms with Gasteiger partial charge in [0, 0.05) is 17.6 Å².